The van der Waals surface area contributed by atoms with E-state index in [-0.39, 0.29) is 17.9 Å². The molecule has 0 radical (unpaired) electrons. The Morgan fingerprint density at radius 3 is 2.26 bits per heavy atom. The van der Waals surface area contributed by atoms with Crippen LogP contribution in [0.4, 0.5) is 10.1 Å². The Hall–Kier alpha value is -2.61. The molecule has 23 heavy (non-hydrogen) atoms. The van der Waals surface area contributed by atoms with Gasteiger partial charge in [-0.05, 0) is 48.5 Å². The van der Waals surface area contributed by atoms with Crippen molar-refractivity contribution in [3.8, 4) is 5.75 Å². The number of nitrogens with one attached hydrogen (secondary N) is 1. The topological polar surface area (TPSA) is 92.7 Å². The van der Waals surface area contributed by atoms with Crippen molar-refractivity contribution in [2.24, 2.45) is 0 Å². The predicted molar refractivity (Wildman–Crippen MR) is 81.4 cm³/mol. The molecule has 0 saturated heterocycles. The first-order valence-electron chi connectivity index (χ1n) is 6.60. The van der Waals surface area contributed by atoms with Gasteiger partial charge in [-0.25, -0.2) is 12.8 Å². The minimum absolute atomic E-state index is 0.0238. The molecule has 0 aliphatic carbocycles. The highest BCUT2D eigenvalue weighted by molar-refractivity contribution is 7.92. The van der Waals surface area contributed by atoms with Gasteiger partial charge in [-0.15, -0.1) is 0 Å². The summed E-state index contributed by atoms with van der Waals surface area (Å²) in [7, 11) is -3.81. The van der Waals surface area contributed by atoms with Gasteiger partial charge in [-0.2, -0.15) is 0 Å². The summed E-state index contributed by atoms with van der Waals surface area (Å²) in [6.07, 6.45) is -0.126. The zero-order valence-electron chi connectivity index (χ0n) is 11.9. The first kappa shape index (κ1) is 16.8. The Kier molecular flexibility index (Phi) is 5.17. The van der Waals surface area contributed by atoms with Gasteiger partial charge in [0.15, 0.2) is 0 Å². The van der Waals surface area contributed by atoms with E-state index in [1.54, 1.807) is 0 Å². The molecule has 2 aromatic rings. The van der Waals surface area contributed by atoms with E-state index in [9.17, 15) is 17.6 Å². The first-order chi connectivity index (χ1) is 10.9. The highest BCUT2D eigenvalue weighted by Crippen LogP contribution is 2.19. The van der Waals surface area contributed by atoms with Gasteiger partial charge in [0.2, 0.25) is 0 Å². The number of ether oxygens (including phenoxy) is 1. The van der Waals surface area contributed by atoms with Gasteiger partial charge in [-0.1, -0.05) is 0 Å². The van der Waals surface area contributed by atoms with Crippen LogP contribution in [0.15, 0.2) is 53.4 Å². The molecule has 2 rings (SSSR count). The first-order valence-corrected chi connectivity index (χ1v) is 8.08. The van der Waals surface area contributed by atoms with Crippen LogP contribution in [-0.2, 0) is 14.8 Å². The van der Waals surface area contributed by atoms with Gasteiger partial charge >= 0.3 is 5.97 Å². The highest BCUT2D eigenvalue weighted by Gasteiger charge is 2.14. The molecule has 2 N–H and O–H groups in total. The highest BCUT2D eigenvalue weighted by atomic mass is 32.2. The van der Waals surface area contributed by atoms with E-state index in [0.717, 1.165) is 12.1 Å². The quantitative estimate of drug-likeness (QED) is 0.808. The predicted octanol–water partition coefficient (Wildman–Crippen LogP) is 2.48. The maximum atomic E-state index is 12.8. The van der Waals surface area contributed by atoms with Crippen molar-refractivity contribution in [3.63, 3.8) is 0 Å². The SMILES string of the molecule is O=C(O)CCOc1ccc(NS(=O)(=O)c2ccc(F)cc2)cc1. The Morgan fingerprint density at radius 1 is 1.09 bits per heavy atom. The molecular weight excluding hydrogens is 325 g/mol. The number of carbonyl (C=O) groups is 1. The summed E-state index contributed by atoms with van der Waals surface area (Å²) in [5.74, 6) is -1.06. The van der Waals surface area contributed by atoms with E-state index < -0.39 is 21.8 Å². The number of sulfonamides is 1. The largest absolute Gasteiger partial charge is 0.493 e. The van der Waals surface area contributed by atoms with Crippen LogP contribution in [-0.4, -0.2) is 26.1 Å². The van der Waals surface area contributed by atoms with Crippen molar-refractivity contribution in [3.05, 3.63) is 54.3 Å². The van der Waals surface area contributed by atoms with E-state index in [0.29, 0.717) is 11.4 Å². The monoisotopic (exact) mass is 339 g/mol. The lowest BCUT2D eigenvalue weighted by Gasteiger charge is -2.09. The molecule has 2 aromatic carbocycles. The molecular formula is C15H14FNO5S. The molecule has 0 spiro atoms. The zero-order chi connectivity index (χ0) is 16.9. The second kappa shape index (κ2) is 7.10. The van der Waals surface area contributed by atoms with Crippen molar-refractivity contribution in [2.45, 2.75) is 11.3 Å². The molecule has 0 aliphatic heterocycles. The Morgan fingerprint density at radius 2 is 1.70 bits per heavy atom. The molecule has 122 valence electrons. The summed E-state index contributed by atoms with van der Waals surface area (Å²) in [6.45, 7) is 0.0238. The van der Waals surface area contributed by atoms with Crippen LogP contribution in [0.5, 0.6) is 5.75 Å². The average Bonchev–Trinajstić information content (AvgIpc) is 2.49. The number of rotatable bonds is 7. The van der Waals surface area contributed by atoms with Crippen LogP contribution in [0.3, 0.4) is 0 Å². The molecule has 0 unspecified atom stereocenters. The summed E-state index contributed by atoms with van der Waals surface area (Å²) in [6, 6.07) is 10.5. The lowest BCUT2D eigenvalue weighted by molar-refractivity contribution is -0.137. The van der Waals surface area contributed by atoms with Gasteiger partial charge in [0.1, 0.15) is 11.6 Å². The summed E-state index contributed by atoms with van der Waals surface area (Å²) in [5, 5.41) is 8.51. The van der Waals surface area contributed by atoms with Crippen LogP contribution in [0.1, 0.15) is 6.42 Å². The minimum atomic E-state index is -3.81. The van der Waals surface area contributed by atoms with Crippen LogP contribution >= 0.6 is 0 Å². The fourth-order valence-electron chi connectivity index (χ4n) is 1.70. The molecule has 0 atom stereocenters. The van der Waals surface area contributed by atoms with Crippen LogP contribution < -0.4 is 9.46 Å². The molecule has 0 heterocycles. The van der Waals surface area contributed by atoms with Gasteiger partial charge < -0.3 is 9.84 Å². The molecule has 0 amide bonds. The van der Waals surface area contributed by atoms with Crippen molar-refractivity contribution >= 4 is 21.7 Å². The van der Waals surface area contributed by atoms with Crippen LogP contribution in [0.2, 0.25) is 0 Å². The summed E-state index contributed by atoms with van der Waals surface area (Å²) in [5.41, 5.74) is 0.305. The molecule has 0 aliphatic rings. The fourth-order valence-corrected chi connectivity index (χ4v) is 2.76. The third-order valence-corrected chi connectivity index (χ3v) is 4.21. The van der Waals surface area contributed by atoms with Gasteiger partial charge in [0.05, 0.1) is 17.9 Å². The van der Waals surface area contributed by atoms with E-state index in [2.05, 4.69) is 4.72 Å². The lowest BCUT2D eigenvalue weighted by atomic mass is 10.3. The minimum Gasteiger partial charge on any atom is -0.493 e. The zero-order valence-corrected chi connectivity index (χ0v) is 12.7. The smallest absolute Gasteiger partial charge is 0.306 e. The number of halogens is 1. The number of benzene rings is 2. The van der Waals surface area contributed by atoms with E-state index >= 15 is 0 Å². The second-order valence-corrected chi connectivity index (χ2v) is 6.26. The van der Waals surface area contributed by atoms with E-state index in [1.165, 1.54) is 36.4 Å². The molecule has 0 saturated carbocycles. The third-order valence-electron chi connectivity index (χ3n) is 2.82. The van der Waals surface area contributed by atoms with Gasteiger partial charge in [-0.3, -0.25) is 9.52 Å². The van der Waals surface area contributed by atoms with Crippen molar-refractivity contribution < 1.29 is 27.4 Å². The molecule has 0 fully saturated rings. The third kappa shape index (κ3) is 4.96. The maximum Gasteiger partial charge on any atom is 0.306 e. The summed E-state index contributed by atoms with van der Waals surface area (Å²) >= 11 is 0. The van der Waals surface area contributed by atoms with Gasteiger partial charge in [0.25, 0.3) is 10.0 Å². The van der Waals surface area contributed by atoms with Gasteiger partial charge in [0, 0.05) is 5.69 Å². The second-order valence-electron chi connectivity index (χ2n) is 4.58. The maximum absolute atomic E-state index is 12.8. The fraction of sp³-hybridized carbons (Fsp3) is 0.133. The van der Waals surface area contributed by atoms with Crippen molar-refractivity contribution in [2.75, 3.05) is 11.3 Å². The van der Waals surface area contributed by atoms with Crippen molar-refractivity contribution in [1.82, 2.24) is 0 Å². The number of carboxylic acids is 1. The Balaban J connectivity index is 2.02. The number of hydrogen-bond donors (Lipinski definition) is 2. The number of aliphatic carboxylic acids is 1. The van der Waals surface area contributed by atoms with Crippen LogP contribution in [0, 0.1) is 5.82 Å². The molecule has 0 bridgehead atoms. The Labute approximate surface area is 132 Å². The van der Waals surface area contributed by atoms with E-state index in [1.807, 2.05) is 0 Å². The number of hydrogen-bond acceptors (Lipinski definition) is 4. The molecule has 6 nitrogen and oxygen atoms in total. The summed E-state index contributed by atoms with van der Waals surface area (Å²) in [4.78, 5) is 10.3. The summed E-state index contributed by atoms with van der Waals surface area (Å²) < 4.78 is 44.6. The number of carboxylic acid groups (broad SMARTS) is 1. The van der Waals surface area contributed by atoms with E-state index in [4.69, 9.17) is 9.84 Å². The lowest BCUT2D eigenvalue weighted by Crippen LogP contribution is -2.12. The Bertz CT molecular complexity index is 773. The standard InChI is InChI=1S/C15H14FNO5S/c16-11-1-7-14(8-2-11)23(20,21)17-12-3-5-13(6-4-12)22-10-9-15(18)19/h1-8,17H,9-10H2,(H,18,19). The number of anilines is 1. The normalized spacial score (nSPS) is 11.0. The van der Waals surface area contributed by atoms with Crippen molar-refractivity contribution in [1.29, 1.82) is 0 Å². The molecule has 8 heteroatoms. The van der Waals surface area contributed by atoms with Crippen LogP contribution in [0.25, 0.3) is 0 Å². The molecule has 0 aromatic heterocycles. The average molecular weight is 339 g/mol.